The van der Waals surface area contributed by atoms with Crippen molar-refractivity contribution in [2.24, 2.45) is 0 Å². The third-order valence-electron chi connectivity index (χ3n) is 6.52. The quantitative estimate of drug-likeness (QED) is 0.319. The van der Waals surface area contributed by atoms with Gasteiger partial charge in [-0.3, -0.25) is 14.6 Å². The van der Waals surface area contributed by atoms with Crippen molar-refractivity contribution in [3.8, 4) is 17.2 Å². The largest absolute Gasteiger partial charge is 0.507 e. The molecule has 0 aliphatic carbocycles. The normalized spacial score (nSPS) is 20.2. The predicted octanol–water partition coefficient (Wildman–Crippen LogP) is 4.04. The van der Waals surface area contributed by atoms with Crippen LogP contribution in [-0.2, 0) is 22.6 Å². The first-order valence-corrected chi connectivity index (χ1v) is 11.6. The fourth-order valence-corrected chi connectivity index (χ4v) is 4.82. The number of aromatic nitrogens is 1. The Labute approximate surface area is 208 Å². The van der Waals surface area contributed by atoms with Crippen LogP contribution in [-0.4, -0.2) is 47.0 Å². The first-order valence-electron chi connectivity index (χ1n) is 11.6. The van der Waals surface area contributed by atoms with Gasteiger partial charge in [0.05, 0.1) is 25.8 Å². The summed E-state index contributed by atoms with van der Waals surface area (Å²) in [6.07, 6.45) is 4.01. The van der Waals surface area contributed by atoms with E-state index in [-0.39, 0.29) is 24.0 Å². The zero-order valence-electron chi connectivity index (χ0n) is 20.2. The summed E-state index contributed by atoms with van der Waals surface area (Å²) in [6.45, 7) is 2.10. The minimum absolute atomic E-state index is 0.000675. The van der Waals surface area contributed by atoms with E-state index in [1.807, 2.05) is 19.1 Å². The summed E-state index contributed by atoms with van der Waals surface area (Å²) >= 11 is 0. The number of nitrogens with zero attached hydrogens (tertiary/aromatic N) is 2. The first kappa shape index (κ1) is 23.4. The number of benzene rings is 2. The number of carbonyl (C=O) groups excluding carboxylic acids is 2. The molecule has 2 aliphatic heterocycles. The van der Waals surface area contributed by atoms with Gasteiger partial charge in [-0.05, 0) is 54.4 Å². The molecule has 0 unspecified atom stereocenters. The molecule has 0 saturated carbocycles. The number of fused-ring (bicyclic) bond motifs is 1. The van der Waals surface area contributed by atoms with Crippen molar-refractivity contribution in [1.82, 2.24) is 9.88 Å². The maximum atomic E-state index is 13.4. The molecular weight excluding hydrogens is 460 g/mol. The number of likely N-dealkylation sites (tertiary alicyclic amines) is 1. The van der Waals surface area contributed by atoms with Gasteiger partial charge in [0.25, 0.3) is 11.7 Å². The van der Waals surface area contributed by atoms with E-state index in [0.29, 0.717) is 29.0 Å². The van der Waals surface area contributed by atoms with Gasteiger partial charge in [-0.1, -0.05) is 6.07 Å². The maximum Gasteiger partial charge on any atom is 0.295 e. The van der Waals surface area contributed by atoms with Crippen molar-refractivity contribution in [2.45, 2.75) is 32.0 Å². The number of hydrogen-bond acceptors (Lipinski definition) is 7. The number of Topliss-reactive ketones (excluding diaryl/α,β-unsaturated/α-hetero) is 1. The Morgan fingerprint density at radius 3 is 2.69 bits per heavy atom. The number of aliphatic hydroxyl groups excluding tert-OH is 1. The minimum atomic E-state index is -0.880. The van der Waals surface area contributed by atoms with Crippen LogP contribution in [0.1, 0.15) is 35.2 Å². The highest BCUT2D eigenvalue weighted by molar-refractivity contribution is 6.46. The number of methoxy groups -OCH3 is 2. The van der Waals surface area contributed by atoms with Crippen molar-refractivity contribution in [2.75, 3.05) is 14.2 Å². The van der Waals surface area contributed by atoms with Gasteiger partial charge in [0.2, 0.25) is 0 Å². The van der Waals surface area contributed by atoms with E-state index >= 15 is 0 Å². The second-order valence-corrected chi connectivity index (χ2v) is 8.85. The first-order chi connectivity index (χ1) is 17.4. The molecule has 2 aliphatic rings. The van der Waals surface area contributed by atoms with Crippen LogP contribution in [0.15, 0.2) is 66.5 Å². The summed E-state index contributed by atoms with van der Waals surface area (Å²) < 4.78 is 16.7. The Morgan fingerprint density at radius 1 is 1.14 bits per heavy atom. The Kier molecular flexibility index (Phi) is 6.10. The zero-order valence-corrected chi connectivity index (χ0v) is 20.2. The second kappa shape index (κ2) is 9.37. The van der Waals surface area contributed by atoms with Gasteiger partial charge in [-0.15, -0.1) is 0 Å². The van der Waals surface area contributed by atoms with Crippen molar-refractivity contribution in [3.05, 3.63) is 88.8 Å². The van der Waals surface area contributed by atoms with E-state index in [1.165, 1.54) is 12.0 Å². The van der Waals surface area contributed by atoms with Crippen molar-refractivity contribution in [3.63, 3.8) is 0 Å². The molecule has 184 valence electrons. The Bertz CT molecular complexity index is 1370. The second-order valence-electron chi connectivity index (χ2n) is 8.85. The van der Waals surface area contributed by atoms with Crippen LogP contribution >= 0.6 is 0 Å². The molecule has 0 bridgehead atoms. The van der Waals surface area contributed by atoms with Gasteiger partial charge >= 0.3 is 0 Å². The fourth-order valence-electron chi connectivity index (χ4n) is 4.82. The molecule has 1 fully saturated rings. The predicted molar refractivity (Wildman–Crippen MR) is 132 cm³/mol. The molecule has 8 heteroatoms. The lowest BCUT2D eigenvalue weighted by molar-refractivity contribution is -0.140. The number of pyridine rings is 1. The molecular formula is C28H26N2O6. The number of carbonyl (C=O) groups is 2. The molecule has 1 aromatic heterocycles. The molecule has 1 saturated heterocycles. The third kappa shape index (κ3) is 4.04. The van der Waals surface area contributed by atoms with Gasteiger partial charge in [-0.2, -0.15) is 0 Å². The SMILES string of the molecule is COc1ccc([C@@H]2C(=C(O)c3ccc4c(c3)C[C@@H](C)O4)C(=O)C(=O)N2Cc2cccnc2)c(OC)c1. The topological polar surface area (TPSA) is 98.2 Å². The van der Waals surface area contributed by atoms with E-state index in [1.54, 1.807) is 55.9 Å². The van der Waals surface area contributed by atoms with Crippen LogP contribution in [0.25, 0.3) is 5.76 Å². The molecule has 8 nitrogen and oxygen atoms in total. The summed E-state index contributed by atoms with van der Waals surface area (Å²) in [5.74, 6) is 0.0366. The van der Waals surface area contributed by atoms with E-state index < -0.39 is 17.7 Å². The highest BCUT2D eigenvalue weighted by Crippen LogP contribution is 2.44. The average Bonchev–Trinajstić information content (AvgIpc) is 3.39. The Hall–Kier alpha value is -4.33. The fraction of sp³-hybridized carbons (Fsp3) is 0.250. The average molecular weight is 487 g/mol. The lowest BCUT2D eigenvalue weighted by atomic mass is 9.93. The number of hydrogen-bond donors (Lipinski definition) is 1. The Balaban J connectivity index is 1.67. The van der Waals surface area contributed by atoms with Gasteiger partial charge in [0.15, 0.2) is 0 Å². The van der Waals surface area contributed by atoms with Crippen LogP contribution in [0.3, 0.4) is 0 Å². The van der Waals surface area contributed by atoms with Gasteiger partial charge in [-0.25, -0.2) is 0 Å². The van der Waals surface area contributed by atoms with Crippen molar-refractivity contribution < 1.29 is 28.9 Å². The molecule has 2 atom stereocenters. The summed E-state index contributed by atoms with van der Waals surface area (Å²) in [5, 5.41) is 11.4. The summed E-state index contributed by atoms with van der Waals surface area (Å²) in [6, 6.07) is 13.2. The lowest BCUT2D eigenvalue weighted by Crippen LogP contribution is -2.29. The molecule has 1 amide bonds. The van der Waals surface area contributed by atoms with Crippen LogP contribution in [0.5, 0.6) is 17.2 Å². The highest BCUT2D eigenvalue weighted by atomic mass is 16.5. The Morgan fingerprint density at radius 2 is 1.97 bits per heavy atom. The van der Waals surface area contributed by atoms with Crippen LogP contribution < -0.4 is 14.2 Å². The summed E-state index contributed by atoms with van der Waals surface area (Å²) in [7, 11) is 3.05. The van der Waals surface area contributed by atoms with Crippen LogP contribution in [0.4, 0.5) is 0 Å². The lowest BCUT2D eigenvalue weighted by Gasteiger charge is -2.27. The van der Waals surface area contributed by atoms with Crippen molar-refractivity contribution in [1.29, 1.82) is 0 Å². The summed E-state index contributed by atoms with van der Waals surface area (Å²) in [5.41, 5.74) is 2.69. The van der Waals surface area contributed by atoms with Crippen molar-refractivity contribution >= 4 is 17.4 Å². The third-order valence-corrected chi connectivity index (χ3v) is 6.52. The van der Waals surface area contributed by atoms with Crippen LogP contribution in [0.2, 0.25) is 0 Å². The number of ether oxygens (including phenoxy) is 3. The molecule has 3 heterocycles. The van der Waals surface area contributed by atoms with E-state index in [0.717, 1.165) is 16.9 Å². The van der Waals surface area contributed by atoms with Gasteiger partial charge in [0.1, 0.15) is 29.1 Å². The van der Waals surface area contributed by atoms with Gasteiger partial charge < -0.3 is 24.2 Å². The maximum absolute atomic E-state index is 13.4. The van der Waals surface area contributed by atoms with E-state index in [9.17, 15) is 14.7 Å². The molecule has 1 N–H and O–H groups in total. The molecule has 0 spiro atoms. The molecule has 36 heavy (non-hydrogen) atoms. The molecule has 5 rings (SSSR count). The number of amides is 1. The minimum Gasteiger partial charge on any atom is -0.507 e. The van der Waals surface area contributed by atoms with E-state index in [2.05, 4.69) is 4.98 Å². The molecule has 3 aromatic rings. The van der Waals surface area contributed by atoms with Gasteiger partial charge in [0, 0.05) is 42.6 Å². The monoisotopic (exact) mass is 486 g/mol. The number of aliphatic hydroxyl groups is 1. The number of ketones is 1. The molecule has 0 radical (unpaired) electrons. The van der Waals surface area contributed by atoms with Crippen LogP contribution in [0, 0.1) is 0 Å². The number of rotatable bonds is 6. The standard InChI is InChI=1S/C28H26N2O6/c1-16-11-19-12-18(6-9-22(19)36-16)26(31)24-25(21-8-7-20(34-2)13-23(21)35-3)30(28(33)27(24)32)15-17-5-4-10-29-14-17/h4-10,12-14,16,25,31H,11,15H2,1-3H3/t16-,25-/m1/s1. The zero-order chi connectivity index (χ0) is 25.4. The highest BCUT2D eigenvalue weighted by Gasteiger charge is 2.47. The van der Waals surface area contributed by atoms with E-state index in [4.69, 9.17) is 14.2 Å². The smallest absolute Gasteiger partial charge is 0.295 e. The summed E-state index contributed by atoms with van der Waals surface area (Å²) in [4.78, 5) is 32.3. The molecule has 2 aromatic carbocycles.